The van der Waals surface area contributed by atoms with E-state index in [-0.39, 0.29) is 0 Å². The Morgan fingerprint density at radius 2 is 2.31 bits per heavy atom. The second-order valence-electron chi connectivity index (χ2n) is 3.29. The Morgan fingerprint density at radius 3 is 3.00 bits per heavy atom. The van der Waals surface area contributed by atoms with Gasteiger partial charge in [-0.2, -0.15) is 16.9 Å². The molecule has 0 spiro atoms. The zero-order valence-corrected chi connectivity index (χ0v) is 8.52. The molecular weight excluding hydrogens is 182 g/mol. The first-order chi connectivity index (χ1) is 6.45. The number of rotatable bonds is 3. The Hall–Kier alpha value is -0.480. The molecule has 1 fully saturated rings. The Balaban J connectivity index is 1.72. The highest BCUT2D eigenvalue weighted by Gasteiger charge is 2.09. The first-order valence-corrected chi connectivity index (χ1v) is 5.89. The van der Waals surface area contributed by atoms with Crippen molar-refractivity contribution in [3.63, 3.8) is 0 Å². The van der Waals surface area contributed by atoms with Gasteiger partial charge in [-0.25, -0.2) is 0 Å². The van der Waals surface area contributed by atoms with Gasteiger partial charge in [-0.3, -0.25) is 5.10 Å². The highest BCUT2D eigenvalue weighted by molar-refractivity contribution is 7.99. The summed E-state index contributed by atoms with van der Waals surface area (Å²) in [6.07, 6.45) is 2.92. The second kappa shape index (κ2) is 4.67. The predicted molar refractivity (Wildman–Crippen MR) is 56.1 cm³/mol. The number of aromatic nitrogens is 2. The van der Waals surface area contributed by atoms with Crippen LogP contribution < -0.4 is 0 Å². The fourth-order valence-corrected chi connectivity index (χ4v) is 2.51. The number of H-pyrrole nitrogens is 1. The molecule has 0 radical (unpaired) electrons. The molecule has 0 aromatic carbocycles. The molecule has 0 atom stereocenters. The van der Waals surface area contributed by atoms with Crippen LogP contribution in [0.3, 0.4) is 0 Å². The SMILES string of the molecule is c1cc(CCN2CCSCC2)[nH]n1. The molecular formula is C9H15N3S. The lowest BCUT2D eigenvalue weighted by molar-refractivity contribution is 0.305. The Labute approximate surface area is 82.9 Å². The first kappa shape index (κ1) is 9.09. The van der Waals surface area contributed by atoms with Crippen LogP contribution in [-0.2, 0) is 6.42 Å². The fraction of sp³-hybridized carbons (Fsp3) is 0.667. The summed E-state index contributed by atoms with van der Waals surface area (Å²) in [6, 6.07) is 2.05. The summed E-state index contributed by atoms with van der Waals surface area (Å²) in [4.78, 5) is 2.53. The molecule has 1 aromatic heterocycles. The highest BCUT2D eigenvalue weighted by Crippen LogP contribution is 2.09. The lowest BCUT2D eigenvalue weighted by Gasteiger charge is -2.25. The highest BCUT2D eigenvalue weighted by atomic mass is 32.2. The average molecular weight is 197 g/mol. The van der Waals surface area contributed by atoms with E-state index in [9.17, 15) is 0 Å². The van der Waals surface area contributed by atoms with E-state index in [1.54, 1.807) is 0 Å². The van der Waals surface area contributed by atoms with E-state index in [0.717, 1.165) is 6.42 Å². The molecule has 1 aliphatic rings. The number of nitrogens with one attached hydrogen (secondary N) is 1. The molecule has 72 valence electrons. The van der Waals surface area contributed by atoms with Crippen molar-refractivity contribution in [3.05, 3.63) is 18.0 Å². The topological polar surface area (TPSA) is 31.9 Å². The molecule has 0 bridgehead atoms. The van der Waals surface area contributed by atoms with Crippen LogP contribution in [0, 0.1) is 0 Å². The zero-order chi connectivity index (χ0) is 8.93. The van der Waals surface area contributed by atoms with Gasteiger partial charge >= 0.3 is 0 Å². The quantitative estimate of drug-likeness (QED) is 0.784. The summed E-state index contributed by atoms with van der Waals surface area (Å²) in [6.45, 7) is 3.67. The van der Waals surface area contributed by atoms with E-state index in [1.807, 2.05) is 6.20 Å². The Kier molecular flexibility index (Phi) is 3.27. The summed E-state index contributed by atoms with van der Waals surface area (Å²) in [7, 11) is 0. The number of hydrogen-bond donors (Lipinski definition) is 1. The maximum absolute atomic E-state index is 3.94. The van der Waals surface area contributed by atoms with Gasteiger partial charge in [0.25, 0.3) is 0 Å². The van der Waals surface area contributed by atoms with Crippen molar-refractivity contribution in [2.24, 2.45) is 0 Å². The molecule has 2 heterocycles. The molecule has 0 saturated carbocycles. The van der Waals surface area contributed by atoms with Crippen molar-refractivity contribution in [1.29, 1.82) is 0 Å². The molecule has 0 aliphatic carbocycles. The third-order valence-electron chi connectivity index (χ3n) is 2.36. The molecule has 4 heteroatoms. The third kappa shape index (κ3) is 2.74. The summed E-state index contributed by atoms with van der Waals surface area (Å²) >= 11 is 2.06. The second-order valence-corrected chi connectivity index (χ2v) is 4.51. The van der Waals surface area contributed by atoms with Crippen molar-refractivity contribution in [1.82, 2.24) is 15.1 Å². The van der Waals surface area contributed by atoms with Crippen LogP contribution in [0.1, 0.15) is 5.69 Å². The van der Waals surface area contributed by atoms with Gasteiger partial charge in [0.15, 0.2) is 0 Å². The van der Waals surface area contributed by atoms with Gasteiger partial charge in [-0.05, 0) is 6.07 Å². The first-order valence-electron chi connectivity index (χ1n) is 4.73. The molecule has 1 saturated heterocycles. The maximum atomic E-state index is 3.94. The number of nitrogens with zero attached hydrogens (tertiary/aromatic N) is 2. The molecule has 0 amide bonds. The van der Waals surface area contributed by atoms with Crippen molar-refractivity contribution in [3.8, 4) is 0 Å². The van der Waals surface area contributed by atoms with E-state index in [0.29, 0.717) is 0 Å². The van der Waals surface area contributed by atoms with E-state index in [1.165, 1.54) is 36.8 Å². The molecule has 1 aromatic rings. The maximum Gasteiger partial charge on any atom is 0.0490 e. The van der Waals surface area contributed by atoms with Crippen LogP contribution in [0.15, 0.2) is 12.3 Å². The summed E-state index contributed by atoms with van der Waals surface area (Å²) in [5, 5.41) is 6.93. The van der Waals surface area contributed by atoms with Crippen LogP contribution in [-0.4, -0.2) is 46.2 Å². The van der Waals surface area contributed by atoms with Gasteiger partial charge in [-0.15, -0.1) is 0 Å². The Morgan fingerprint density at radius 1 is 1.46 bits per heavy atom. The summed E-state index contributed by atoms with van der Waals surface area (Å²) < 4.78 is 0. The summed E-state index contributed by atoms with van der Waals surface area (Å²) in [5.41, 5.74) is 1.25. The lowest BCUT2D eigenvalue weighted by atomic mass is 10.3. The molecule has 0 unspecified atom stereocenters. The lowest BCUT2D eigenvalue weighted by Crippen LogP contribution is -2.34. The number of thioether (sulfide) groups is 1. The Bertz CT molecular complexity index is 229. The van der Waals surface area contributed by atoms with Gasteiger partial charge in [0, 0.05) is 49.5 Å². The van der Waals surface area contributed by atoms with Crippen molar-refractivity contribution in [2.75, 3.05) is 31.1 Å². The van der Waals surface area contributed by atoms with Crippen LogP contribution >= 0.6 is 11.8 Å². The minimum absolute atomic E-state index is 1.10. The number of aromatic amines is 1. The molecule has 2 rings (SSSR count). The minimum atomic E-state index is 1.10. The average Bonchev–Trinajstić information content (AvgIpc) is 2.69. The minimum Gasteiger partial charge on any atom is -0.301 e. The molecule has 1 N–H and O–H groups in total. The molecule has 1 aliphatic heterocycles. The number of hydrogen-bond acceptors (Lipinski definition) is 3. The third-order valence-corrected chi connectivity index (χ3v) is 3.30. The molecule has 3 nitrogen and oxygen atoms in total. The summed E-state index contributed by atoms with van der Waals surface area (Å²) in [5.74, 6) is 2.59. The van der Waals surface area contributed by atoms with Gasteiger partial charge in [0.2, 0.25) is 0 Å². The van der Waals surface area contributed by atoms with Crippen LogP contribution in [0.25, 0.3) is 0 Å². The van der Waals surface area contributed by atoms with E-state index in [4.69, 9.17) is 0 Å². The van der Waals surface area contributed by atoms with Crippen molar-refractivity contribution >= 4 is 11.8 Å². The monoisotopic (exact) mass is 197 g/mol. The smallest absolute Gasteiger partial charge is 0.0490 e. The van der Waals surface area contributed by atoms with E-state index < -0.39 is 0 Å². The van der Waals surface area contributed by atoms with E-state index >= 15 is 0 Å². The normalized spacial score (nSPS) is 19.1. The van der Waals surface area contributed by atoms with Crippen molar-refractivity contribution in [2.45, 2.75) is 6.42 Å². The predicted octanol–water partition coefficient (Wildman–Crippen LogP) is 1.00. The van der Waals surface area contributed by atoms with Crippen molar-refractivity contribution < 1.29 is 0 Å². The van der Waals surface area contributed by atoms with Gasteiger partial charge in [0.05, 0.1) is 0 Å². The van der Waals surface area contributed by atoms with Gasteiger partial charge < -0.3 is 4.90 Å². The zero-order valence-electron chi connectivity index (χ0n) is 7.70. The van der Waals surface area contributed by atoms with Crippen LogP contribution in [0.5, 0.6) is 0 Å². The van der Waals surface area contributed by atoms with Gasteiger partial charge in [-0.1, -0.05) is 0 Å². The standard InChI is InChI=1S/C9H15N3S/c1-3-10-11-9(1)2-4-12-5-7-13-8-6-12/h1,3H,2,4-8H2,(H,10,11). The largest absolute Gasteiger partial charge is 0.301 e. The molecule has 13 heavy (non-hydrogen) atoms. The van der Waals surface area contributed by atoms with Crippen LogP contribution in [0.4, 0.5) is 0 Å². The van der Waals surface area contributed by atoms with Gasteiger partial charge in [0.1, 0.15) is 0 Å². The van der Waals surface area contributed by atoms with E-state index in [2.05, 4.69) is 32.9 Å². The fourth-order valence-electron chi connectivity index (χ4n) is 1.53. The van der Waals surface area contributed by atoms with Crippen LogP contribution in [0.2, 0.25) is 0 Å².